The Morgan fingerprint density at radius 2 is 1.83 bits per heavy atom. The largest absolute Gasteiger partial charge is 0.328 e. The van der Waals surface area contributed by atoms with Gasteiger partial charge in [-0.05, 0) is 35.2 Å². The number of para-hydroxylation sites is 1. The van der Waals surface area contributed by atoms with Crippen molar-refractivity contribution in [2.45, 2.75) is 33.7 Å². The Balaban J connectivity index is 2.30. The molecule has 2 aromatic rings. The van der Waals surface area contributed by atoms with E-state index in [0.29, 0.717) is 16.3 Å². The summed E-state index contributed by atoms with van der Waals surface area (Å²) in [4.78, 5) is 3.00. The summed E-state index contributed by atoms with van der Waals surface area (Å²) >= 11 is 5.37. The van der Waals surface area contributed by atoms with Crippen molar-refractivity contribution >= 4 is 23.3 Å². The average molecular weight is 264 g/mol. The SMILES string of the molecule is CC1(C)C(n2c(=S)[nH]c3c(F)cccc32)C1(C)C. The Morgan fingerprint density at radius 3 is 2.39 bits per heavy atom. The molecule has 1 aliphatic carbocycles. The van der Waals surface area contributed by atoms with Gasteiger partial charge in [0.15, 0.2) is 4.77 Å². The van der Waals surface area contributed by atoms with Crippen LogP contribution in [0.5, 0.6) is 0 Å². The summed E-state index contributed by atoms with van der Waals surface area (Å²) in [6.07, 6.45) is 0. The lowest BCUT2D eigenvalue weighted by molar-refractivity contribution is 0.457. The molecular weight excluding hydrogens is 247 g/mol. The number of halogens is 1. The molecule has 1 N–H and O–H groups in total. The van der Waals surface area contributed by atoms with Gasteiger partial charge >= 0.3 is 0 Å². The molecule has 18 heavy (non-hydrogen) atoms. The number of aromatic amines is 1. The van der Waals surface area contributed by atoms with Crippen molar-refractivity contribution in [2.75, 3.05) is 0 Å². The molecule has 1 aromatic carbocycles. The standard InChI is InChI=1S/C14H17FN2S/c1-13(2)11(14(13,3)4)17-9-7-5-6-8(15)10(9)16-12(17)18/h5-7,11H,1-4H3,(H,16,18). The van der Waals surface area contributed by atoms with Crippen LogP contribution in [0.25, 0.3) is 11.0 Å². The molecule has 1 aromatic heterocycles. The number of hydrogen-bond acceptors (Lipinski definition) is 1. The monoisotopic (exact) mass is 264 g/mol. The number of rotatable bonds is 1. The lowest BCUT2D eigenvalue weighted by atomic mass is 10.0. The van der Waals surface area contributed by atoms with Gasteiger partial charge in [-0.3, -0.25) is 0 Å². The molecule has 0 atom stereocenters. The van der Waals surface area contributed by atoms with Crippen LogP contribution in [0.4, 0.5) is 4.39 Å². The van der Waals surface area contributed by atoms with Gasteiger partial charge in [-0.25, -0.2) is 4.39 Å². The van der Waals surface area contributed by atoms with Crippen molar-refractivity contribution in [2.24, 2.45) is 10.8 Å². The van der Waals surface area contributed by atoms with Crippen LogP contribution >= 0.6 is 12.2 Å². The molecule has 2 nitrogen and oxygen atoms in total. The third-order valence-electron chi connectivity index (χ3n) is 4.90. The molecule has 96 valence electrons. The van der Waals surface area contributed by atoms with Crippen LogP contribution in [0.3, 0.4) is 0 Å². The highest BCUT2D eigenvalue weighted by Gasteiger charge is 2.66. The van der Waals surface area contributed by atoms with Gasteiger partial charge in [-0.15, -0.1) is 0 Å². The summed E-state index contributed by atoms with van der Waals surface area (Å²) in [6, 6.07) is 5.43. The third-order valence-corrected chi connectivity index (χ3v) is 5.20. The highest BCUT2D eigenvalue weighted by Crippen LogP contribution is 2.71. The van der Waals surface area contributed by atoms with E-state index in [1.54, 1.807) is 6.07 Å². The Morgan fingerprint density at radius 1 is 1.22 bits per heavy atom. The molecule has 0 unspecified atom stereocenters. The van der Waals surface area contributed by atoms with E-state index in [4.69, 9.17) is 12.2 Å². The van der Waals surface area contributed by atoms with Gasteiger partial charge in [0.05, 0.1) is 5.52 Å². The lowest BCUT2D eigenvalue weighted by Gasteiger charge is -2.06. The predicted molar refractivity (Wildman–Crippen MR) is 73.7 cm³/mol. The van der Waals surface area contributed by atoms with Crippen LogP contribution in [0, 0.1) is 21.4 Å². The molecule has 1 aliphatic rings. The number of nitrogens with one attached hydrogen (secondary N) is 1. The summed E-state index contributed by atoms with van der Waals surface area (Å²) in [6.45, 7) is 8.93. The number of benzene rings is 1. The zero-order chi connectivity index (χ0) is 13.3. The highest BCUT2D eigenvalue weighted by molar-refractivity contribution is 7.71. The summed E-state index contributed by atoms with van der Waals surface area (Å²) < 4.78 is 16.4. The fourth-order valence-corrected chi connectivity index (χ4v) is 3.48. The maximum atomic E-state index is 13.8. The maximum Gasteiger partial charge on any atom is 0.178 e. The Bertz CT molecular complexity index is 679. The topological polar surface area (TPSA) is 20.7 Å². The van der Waals surface area contributed by atoms with Crippen molar-refractivity contribution < 1.29 is 4.39 Å². The second-order valence-electron chi connectivity index (χ2n) is 6.28. The quantitative estimate of drug-likeness (QED) is 0.755. The van der Waals surface area contributed by atoms with Crippen LogP contribution < -0.4 is 0 Å². The minimum atomic E-state index is -0.242. The first kappa shape index (κ1) is 11.9. The van der Waals surface area contributed by atoms with E-state index in [-0.39, 0.29) is 16.6 Å². The molecule has 3 rings (SSSR count). The van der Waals surface area contributed by atoms with Crippen LogP contribution in [0.15, 0.2) is 18.2 Å². The predicted octanol–water partition coefficient (Wildman–Crippen LogP) is 4.45. The van der Waals surface area contributed by atoms with Crippen molar-refractivity contribution in [3.63, 3.8) is 0 Å². The van der Waals surface area contributed by atoms with Gasteiger partial charge in [0, 0.05) is 6.04 Å². The minimum absolute atomic E-state index is 0.173. The molecule has 1 heterocycles. The molecule has 4 heteroatoms. The molecule has 0 saturated heterocycles. The molecule has 0 bridgehead atoms. The van der Waals surface area contributed by atoms with Gasteiger partial charge in [0.2, 0.25) is 0 Å². The third kappa shape index (κ3) is 1.24. The minimum Gasteiger partial charge on any atom is -0.328 e. The average Bonchev–Trinajstić information content (AvgIpc) is 2.55. The smallest absolute Gasteiger partial charge is 0.178 e. The second kappa shape index (κ2) is 3.23. The summed E-state index contributed by atoms with van der Waals surface area (Å²) in [5.74, 6) is -0.242. The van der Waals surface area contributed by atoms with Gasteiger partial charge in [0.1, 0.15) is 11.3 Å². The van der Waals surface area contributed by atoms with E-state index in [1.165, 1.54) is 6.07 Å². The summed E-state index contributed by atoms with van der Waals surface area (Å²) in [7, 11) is 0. The molecule has 0 radical (unpaired) electrons. The van der Waals surface area contributed by atoms with E-state index in [9.17, 15) is 4.39 Å². The van der Waals surface area contributed by atoms with Crippen molar-refractivity contribution in [3.05, 3.63) is 28.8 Å². The first-order valence-electron chi connectivity index (χ1n) is 6.17. The molecule has 1 saturated carbocycles. The maximum absolute atomic E-state index is 13.8. The Kier molecular flexibility index (Phi) is 2.14. The van der Waals surface area contributed by atoms with Crippen molar-refractivity contribution in [1.82, 2.24) is 9.55 Å². The molecule has 1 fully saturated rings. The van der Waals surface area contributed by atoms with Crippen molar-refractivity contribution in [3.8, 4) is 0 Å². The zero-order valence-electron chi connectivity index (χ0n) is 11.0. The molecule has 0 spiro atoms. The summed E-state index contributed by atoms with van der Waals surface area (Å²) in [5, 5.41) is 0. The van der Waals surface area contributed by atoms with Gasteiger partial charge in [-0.2, -0.15) is 0 Å². The van der Waals surface area contributed by atoms with E-state index < -0.39 is 0 Å². The van der Waals surface area contributed by atoms with Gasteiger partial charge in [-0.1, -0.05) is 33.8 Å². The molecular formula is C14H17FN2S. The lowest BCUT2D eigenvalue weighted by Crippen LogP contribution is -2.00. The second-order valence-corrected chi connectivity index (χ2v) is 6.67. The van der Waals surface area contributed by atoms with Gasteiger partial charge in [0.25, 0.3) is 0 Å². The number of hydrogen-bond donors (Lipinski definition) is 1. The number of nitrogens with zero attached hydrogens (tertiary/aromatic N) is 1. The van der Waals surface area contributed by atoms with Crippen molar-refractivity contribution in [1.29, 1.82) is 0 Å². The van der Waals surface area contributed by atoms with E-state index in [2.05, 4.69) is 37.2 Å². The Hall–Kier alpha value is -1.16. The number of fused-ring (bicyclic) bond motifs is 1. The fourth-order valence-electron chi connectivity index (χ4n) is 3.18. The van der Waals surface area contributed by atoms with Crippen LogP contribution in [-0.4, -0.2) is 9.55 Å². The highest BCUT2D eigenvalue weighted by atomic mass is 32.1. The first-order chi connectivity index (χ1) is 8.28. The van der Waals surface area contributed by atoms with E-state index in [0.717, 1.165) is 5.52 Å². The van der Waals surface area contributed by atoms with Crippen LogP contribution in [0.2, 0.25) is 0 Å². The zero-order valence-corrected chi connectivity index (χ0v) is 11.9. The van der Waals surface area contributed by atoms with E-state index >= 15 is 0 Å². The molecule has 0 aliphatic heterocycles. The normalized spacial score (nSPS) is 21.4. The number of H-pyrrole nitrogens is 1. The Labute approximate surface area is 111 Å². The van der Waals surface area contributed by atoms with E-state index in [1.807, 2.05) is 6.07 Å². The van der Waals surface area contributed by atoms with Crippen LogP contribution in [0.1, 0.15) is 33.7 Å². The number of imidazole rings is 1. The summed E-state index contributed by atoms with van der Waals surface area (Å²) in [5.41, 5.74) is 1.73. The van der Waals surface area contributed by atoms with Crippen LogP contribution in [-0.2, 0) is 0 Å². The molecule has 0 amide bonds. The fraction of sp³-hybridized carbons (Fsp3) is 0.500. The first-order valence-corrected chi connectivity index (χ1v) is 6.58. The van der Waals surface area contributed by atoms with Gasteiger partial charge < -0.3 is 9.55 Å². The number of aromatic nitrogens is 2.